The first-order valence-electron chi connectivity index (χ1n) is 18.5. The molecule has 0 saturated carbocycles. The number of aliphatic imine (C=N–C) groups is 4. The molecule has 0 saturated heterocycles. The standard InChI is InChI=1S/C44H28N4O12S4/c49-61(50,51)29-9-1-25(2-10-29)41-33-17-19-35(45-33)42(26-3-11-30(12-4-26)62(52,53)54)37-21-23-39(47-37)44(28-7-15-32(16-8-28)64(58,59)60)40-24-22-38(48-40)43(36-20-18-34(41)46-36)27-5-13-31(14-6-27)63(55,56)57/h1-24H,(H,49,50,51)(H,52,53,54)(H,55,56,57)(H,58,59,60)/p-4. The minimum absolute atomic E-state index is 0.313. The van der Waals surface area contributed by atoms with Crippen LogP contribution < -0.4 is 0 Å². The van der Waals surface area contributed by atoms with Crippen LogP contribution in [-0.2, 0) is 40.5 Å². The van der Waals surface area contributed by atoms with E-state index < -0.39 is 60.1 Å². The Morgan fingerprint density at radius 2 is 0.438 bits per heavy atom. The Morgan fingerprint density at radius 3 is 0.594 bits per heavy atom. The number of benzene rings is 4. The highest BCUT2D eigenvalue weighted by Gasteiger charge is 2.28. The van der Waals surface area contributed by atoms with Gasteiger partial charge in [-0.15, -0.1) is 0 Å². The Kier molecular flexibility index (Phi) is 10.2. The molecule has 5 aliphatic rings. The monoisotopic (exact) mass is 928 g/mol. The topological polar surface area (TPSA) is 278 Å². The van der Waals surface area contributed by atoms with Crippen LogP contribution in [0.2, 0.25) is 0 Å². The lowest BCUT2D eigenvalue weighted by Crippen LogP contribution is -2.05. The molecule has 16 nitrogen and oxygen atoms in total. The van der Waals surface area contributed by atoms with Crippen LogP contribution in [0.25, 0.3) is 22.3 Å². The van der Waals surface area contributed by atoms with Crippen molar-refractivity contribution < 1.29 is 51.9 Å². The number of hydrogen-bond donors (Lipinski definition) is 0. The molecule has 0 aliphatic carbocycles. The summed E-state index contributed by atoms with van der Waals surface area (Å²) >= 11 is 0. The summed E-state index contributed by atoms with van der Waals surface area (Å²) in [4.78, 5) is 18.0. The summed E-state index contributed by atoms with van der Waals surface area (Å²) in [6, 6.07) is 20.6. The normalized spacial score (nSPS) is 17.4. The van der Waals surface area contributed by atoms with E-state index >= 15 is 0 Å². The summed E-state index contributed by atoms with van der Waals surface area (Å²) in [6.07, 6.45) is 13.3. The van der Waals surface area contributed by atoms with E-state index in [1.807, 2.05) is 0 Å². The van der Waals surface area contributed by atoms with Gasteiger partial charge in [-0.25, -0.2) is 53.6 Å². The molecule has 320 valence electrons. The van der Waals surface area contributed by atoms with E-state index in [0.29, 0.717) is 90.2 Å². The van der Waals surface area contributed by atoms with Crippen molar-refractivity contribution >= 4 is 85.6 Å². The van der Waals surface area contributed by atoms with Crippen molar-refractivity contribution in [3.05, 3.63) is 191 Å². The van der Waals surface area contributed by atoms with Gasteiger partial charge in [-0.1, -0.05) is 48.5 Å². The van der Waals surface area contributed by atoms with Crippen molar-refractivity contribution in [1.29, 1.82) is 0 Å². The Labute approximate surface area is 365 Å². The molecule has 4 aromatic rings. The predicted molar refractivity (Wildman–Crippen MR) is 232 cm³/mol. The van der Waals surface area contributed by atoms with E-state index in [9.17, 15) is 51.9 Å². The average molecular weight is 929 g/mol. The van der Waals surface area contributed by atoms with Gasteiger partial charge in [0.2, 0.25) is 0 Å². The van der Waals surface area contributed by atoms with Crippen LogP contribution in [0.15, 0.2) is 208 Å². The average Bonchev–Trinajstić information content (AvgIpc) is 4.08. The van der Waals surface area contributed by atoms with Crippen molar-refractivity contribution in [3.63, 3.8) is 0 Å². The van der Waals surface area contributed by atoms with Crippen LogP contribution in [-0.4, -0.2) is 74.7 Å². The molecule has 0 amide bonds. The molecule has 0 aromatic heterocycles. The summed E-state index contributed by atoms with van der Waals surface area (Å²) in [5.41, 5.74) is 5.63. The first kappa shape index (κ1) is 42.4. The van der Waals surface area contributed by atoms with E-state index in [2.05, 4.69) is 0 Å². The lowest BCUT2D eigenvalue weighted by Gasteiger charge is -2.14. The van der Waals surface area contributed by atoms with Crippen LogP contribution in [0.4, 0.5) is 0 Å². The summed E-state index contributed by atoms with van der Waals surface area (Å²) in [6.45, 7) is 0. The maximum Gasteiger partial charge on any atom is 0.124 e. The summed E-state index contributed by atoms with van der Waals surface area (Å²) in [5.74, 6) is 0. The minimum Gasteiger partial charge on any atom is -0.744 e. The third-order valence-electron chi connectivity index (χ3n) is 10.3. The van der Waals surface area contributed by atoms with E-state index in [4.69, 9.17) is 20.0 Å². The van der Waals surface area contributed by atoms with Crippen molar-refractivity contribution in [2.75, 3.05) is 0 Å². The maximum absolute atomic E-state index is 11.9. The third-order valence-corrected chi connectivity index (χ3v) is 13.7. The van der Waals surface area contributed by atoms with E-state index in [1.54, 1.807) is 48.6 Å². The van der Waals surface area contributed by atoms with Crippen molar-refractivity contribution in [2.45, 2.75) is 19.6 Å². The molecule has 0 spiro atoms. The number of fused-ring (bicyclic) bond motifs is 4. The molecule has 0 unspecified atom stereocenters. The van der Waals surface area contributed by atoms with Gasteiger partial charge >= 0.3 is 0 Å². The Balaban J connectivity index is 1.35. The van der Waals surface area contributed by atoms with E-state index in [-0.39, 0.29) is 0 Å². The second-order valence-corrected chi connectivity index (χ2v) is 19.8. The largest absolute Gasteiger partial charge is 0.744 e. The Bertz CT molecular complexity index is 3140. The molecule has 9 rings (SSSR count). The zero-order valence-electron chi connectivity index (χ0n) is 32.2. The SMILES string of the molecule is O=S(=O)([O-])c1ccc(C2=C3C=CC(=N3)C(c3ccc(S(=O)(=O)[O-])cc3)=C3C=CC(=N3)C(c3ccc(S(=O)(=O)[O-])cc3)=C3C=CC(=N3)C(c3ccc(S(=O)(=O)[O-])cc3)=C3C=CC2=N3)cc1. The van der Waals surface area contributed by atoms with Gasteiger partial charge in [-0.3, -0.25) is 0 Å². The maximum atomic E-state index is 11.9. The molecule has 0 radical (unpaired) electrons. The fourth-order valence-electron chi connectivity index (χ4n) is 7.42. The highest BCUT2D eigenvalue weighted by Crippen LogP contribution is 2.39. The van der Waals surface area contributed by atoms with Crippen LogP contribution in [0, 0.1) is 0 Å². The highest BCUT2D eigenvalue weighted by molar-refractivity contribution is 7.86. The fraction of sp³-hybridized carbons (Fsp3) is 0. The number of rotatable bonds is 8. The van der Waals surface area contributed by atoms with Crippen LogP contribution in [0.1, 0.15) is 22.3 Å². The molecule has 0 fully saturated rings. The van der Waals surface area contributed by atoms with Crippen molar-refractivity contribution in [3.8, 4) is 0 Å². The zero-order valence-corrected chi connectivity index (χ0v) is 35.4. The molecular weight excluding hydrogens is 905 g/mol. The number of nitrogens with zero attached hydrogens (tertiary/aromatic N) is 4. The molecule has 64 heavy (non-hydrogen) atoms. The third kappa shape index (κ3) is 8.11. The van der Waals surface area contributed by atoms with Crippen LogP contribution in [0.3, 0.4) is 0 Å². The number of allylic oxidation sites excluding steroid dienone is 12. The molecular formula is C44H24N4O12S4-4. The molecule has 8 bridgehead atoms. The summed E-state index contributed by atoms with van der Waals surface area (Å²) < 4.78 is 143. The molecule has 20 heteroatoms. The molecule has 5 heterocycles. The van der Waals surface area contributed by atoms with Gasteiger partial charge in [0.1, 0.15) is 40.5 Å². The van der Waals surface area contributed by atoms with E-state index in [1.165, 1.54) is 48.5 Å². The highest BCUT2D eigenvalue weighted by atomic mass is 32.2. The van der Waals surface area contributed by atoms with Gasteiger partial charge in [0, 0.05) is 22.3 Å². The van der Waals surface area contributed by atoms with Gasteiger partial charge in [-0.2, -0.15) is 0 Å². The lowest BCUT2D eigenvalue weighted by molar-refractivity contribution is 0.461. The quantitative estimate of drug-likeness (QED) is 0.204. The predicted octanol–water partition coefficient (Wildman–Crippen LogP) is 5.30. The van der Waals surface area contributed by atoms with Gasteiger partial charge in [0.05, 0.1) is 65.2 Å². The number of hydrogen-bond acceptors (Lipinski definition) is 16. The second-order valence-electron chi connectivity index (χ2n) is 14.3. The molecule has 0 N–H and O–H groups in total. The molecule has 0 atom stereocenters. The Morgan fingerprint density at radius 1 is 0.266 bits per heavy atom. The van der Waals surface area contributed by atoms with Gasteiger partial charge in [0.15, 0.2) is 0 Å². The van der Waals surface area contributed by atoms with Crippen LogP contribution >= 0.6 is 0 Å². The fourth-order valence-corrected chi connectivity index (χ4v) is 9.30. The Hall–Kier alpha value is -6.88. The van der Waals surface area contributed by atoms with Gasteiger partial charge < -0.3 is 18.2 Å². The summed E-state index contributed by atoms with van der Waals surface area (Å²) in [7, 11) is -19.3. The van der Waals surface area contributed by atoms with Crippen molar-refractivity contribution in [2.24, 2.45) is 20.0 Å². The van der Waals surface area contributed by atoms with Gasteiger partial charge in [-0.05, 0) is 119 Å². The summed E-state index contributed by atoms with van der Waals surface area (Å²) in [5, 5.41) is 0. The van der Waals surface area contributed by atoms with Crippen molar-refractivity contribution in [1.82, 2.24) is 0 Å². The minimum atomic E-state index is -4.82. The van der Waals surface area contributed by atoms with E-state index in [0.717, 1.165) is 48.5 Å². The zero-order chi connectivity index (χ0) is 45.3. The first-order valence-corrected chi connectivity index (χ1v) is 24.2. The first-order chi connectivity index (χ1) is 30.2. The second kappa shape index (κ2) is 15.4. The van der Waals surface area contributed by atoms with Gasteiger partial charge in [0.25, 0.3) is 0 Å². The van der Waals surface area contributed by atoms with Crippen LogP contribution in [0.5, 0.6) is 0 Å². The lowest BCUT2D eigenvalue weighted by atomic mass is 9.98. The molecule has 4 aromatic carbocycles. The smallest absolute Gasteiger partial charge is 0.124 e. The molecule has 5 aliphatic heterocycles.